The number of urea groups is 1. The number of ether oxygens (including phenoxy) is 1. The molecular weight excluding hydrogens is 553 g/mol. The molecule has 1 aliphatic rings. The van der Waals surface area contributed by atoms with Gasteiger partial charge in [-0.2, -0.15) is 18.3 Å². The molecule has 2 amide bonds. The van der Waals surface area contributed by atoms with Crippen LogP contribution in [0, 0.1) is 0 Å². The Morgan fingerprint density at radius 1 is 1.20 bits per heavy atom. The van der Waals surface area contributed by atoms with E-state index >= 15 is 8.78 Å². The molecule has 3 aromatic rings. The lowest BCUT2D eigenvalue weighted by Crippen LogP contribution is -2.59. The Bertz CT molecular complexity index is 1350. The molecule has 0 radical (unpaired) electrons. The van der Waals surface area contributed by atoms with Crippen molar-refractivity contribution in [2.75, 3.05) is 37.0 Å². The summed E-state index contributed by atoms with van der Waals surface area (Å²) in [6.45, 7) is 7.21. The zero-order valence-corrected chi connectivity index (χ0v) is 23.7. The highest BCUT2D eigenvalue weighted by Gasteiger charge is 2.48. The SMILES string of the molecule is CN(C(=O)Nc1cncc(C(F)(F)F)c1)C1CCN(c2cnc3c(cnn3COCC[Si](C)(C)C)c2)CC1(F)F. The van der Waals surface area contributed by atoms with Crippen molar-refractivity contribution in [3.8, 4) is 0 Å². The van der Waals surface area contributed by atoms with Crippen molar-refractivity contribution in [3.63, 3.8) is 0 Å². The van der Waals surface area contributed by atoms with Gasteiger partial charge in [0.2, 0.25) is 0 Å². The van der Waals surface area contributed by atoms with Crippen molar-refractivity contribution in [3.05, 3.63) is 42.5 Å². The number of aromatic nitrogens is 4. The number of rotatable bonds is 8. The number of alkyl halides is 5. The van der Waals surface area contributed by atoms with E-state index in [1.807, 2.05) is 0 Å². The lowest BCUT2D eigenvalue weighted by atomic mass is 9.99. The van der Waals surface area contributed by atoms with E-state index in [2.05, 4.69) is 40.0 Å². The molecule has 0 spiro atoms. The van der Waals surface area contributed by atoms with E-state index in [0.29, 0.717) is 35.6 Å². The molecule has 1 atom stereocenters. The van der Waals surface area contributed by atoms with Crippen molar-refractivity contribution in [2.24, 2.45) is 0 Å². The fraction of sp³-hybridized carbons (Fsp3) is 0.520. The van der Waals surface area contributed by atoms with Crippen LogP contribution in [-0.4, -0.2) is 77.5 Å². The lowest BCUT2D eigenvalue weighted by molar-refractivity contribution is -0.137. The largest absolute Gasteiger partial charge is 0.417 e. The monoisotopic (exact) mass is 585 g/mol. The van der Waals surface area contributed by atoms with Gasteiger partial charge in [0.1, 0.15) is 12.8 Å². The molecule has 3 aromatic heterocycles. The summed E-state index contributed by atoms with van der Waals surface area (Å²) >= 11 is 0. The molecule has 1 saturated heterocycles. The van der Waals surface area contributed by atoms with E-state index in [1.54, 1.807) is 16.9 Å². The Hall–Kier alpha value is -3.33. The maximum Gasteiger partial charge on any atom is 0.417 e. The molecule has 15 heteroatoms. The van der Waals surface area contributed by atoms with E-state index in [-0.39, 0.29) is 25.4 Å². The summed E-state index contributed by atoms with van der Waals surface area (Å²) < 4.78 is 76.7. The highest BCUT2D eigenvalue weighted by atomic mass is 28.3. The molecule has 4 heterocycles. The Balaban J connectivity index is 1.38. The van der Waals surface area contributed by atoms with Crippen LogP contribution in [0.4, 0.5) is 38.1 Å². The number of hydrogen-bond acceptors (Lipinski definition) is 6. The van der Waals surface area contributed by atoms with Crippen molar-refractivity contribution in [1.29, 1.82) is 0 Å². The zero-order chi connectivity index (χ0) is 29.3. The number of pyridine rings is 2. The number of anilines is 2. The number of fused-ring (bicyclic) bond motifs is 1. The summed E-state index contributed by atoms with van der Waals surface area (Å²) in [6.07, 6.45) is 0.0306. The van der Waals surface area contributed by atoms with Gasteiger partial charge < -0.3 is 19.9 Å². The molecule has 1 aliphatic heterocycles. The van der Waals surface area contributed by atoms with E-state index in [9.17, 15) is 18.0 Å². The van der Waals surface area contributed by atoms with E-state index in [1.165, 1.54) is 18.1 Å². The summed E-state index contributed by atoms with van der Waals surface area (Å²) in [6, 6.07) is 1.04. The third-order valence-corrected chi connectivity index (χ3v) is 8.41. The second-order valence-corrected chi connectivity index (χ2v) is 16.7. The number of halogens is 5. The minimum atomic E-state index is -4.66. The van der Waals surface area contributed by atoms with Crippen molar-refractivity contribution in [1.82, 2.24) is 24.6 Å². The minimum Gasteiger partial charge on any atom is -0.364 e. The van der Waals surface area contributed by atoms with E-state index in [0.717, 1.165) is 17.1 Å². The van der Waals surface area contributed by atoms with Crippen molar-refractivity contribution in [2.45, 2.75) is 57.0 Å². The highest BCUT2D eigenvalue weighted by Crippen LogP contribution is 2.34. The van der Waals surface area contributed by atoms with Crippen molar-refractivity contribution >= 4 is 36.5 Å². The predicted molar refractivity (Wildman–Crippen MR) is 143 cm³/mol. The van der Waals surface area contributed by atoms with E-state index < -0.39 is 44.4 Å². The second-order valence-electron chi connectivity index (χ2n) is 11.1. The first-order valence-corrected chi connectivity index (χ1v) is 16.4. The number of hydrogen-bond donors (Lipinski definition) is 1. The predicted octanol–water partition coefficient (Wildman–Crippen LogP) is 5.54. The van der Waals surface area contributed by atoms with Crippen LogP contribution in [0.1, 0.15) is 12.0 Å². The first-order chi connectivity index (χ1) is 18.6. The number of amides is 2. The number of carbonyl (C=O) groups excluding carboxylic acids is 1. The number of nitrogens with zero attached hydrogens (tertiary/aromatic N) is 6. The maximum atomic E-state index is 15.3. The van der Waals surface area contributed by atoms with Gasteiger partial charge in [-0.15, -0.1) is 0 Å². The molecule has 0 aliphatic carbocycles. The first-order valence-electron chi connectivity index (χ1n) is 12.7. The second kappa shape index (κ2) is 11.3. The molecule has 9 nitrogen and oxygen atoms in total. The average molecular weight is 586 g/mol. The van der Waals surface area contributed by atoms with Gasteiger partial charge in [0.05, 0.1) is 42.1 Å². The van der Waals surface area contributed by atoms with Gasteiger partial charge in [0.15, 0.2) is 5.65 Å². The summed E-state index contributed by atoms with van der Waals surface area (Å²) in [7, 11) is -0.0256. The quantitative estimate of drug-likeness (QED) is 0.212. The van der Waals surface area contributed by atoms with Crippen LogP contribution in [0.25, 0.3) is 11.0 Å². The molecule has 40 heavy (non-hydrogen) atoms. The fourth-order valence-electron chi connectivity index (χ4n) is 4.40. The summed E-state index contributed by atoms with van der Waals surface area (Å²) in [5, 5.41) is 7.22. The Morgan fingerprint density at radius 2 is 1.95 bits per heavy atom. The lowest BCUT2D eigenvalue weighted by Gasteiger charge is -2.42. The normalized spacial score (nSPS) is 17.7. The maximum absolute atomic E-state index is 15.3. The van der Waals surface area contributed by atoms with Crippen molar-refractivity contribution < 1.29 is 31.5 Å². The molecule has 4 rings (SSSR count). The summed E-state index contributed by atoms with van der Waals surface area (Å²) in [5.74, 6) is -3.31. The Kier molecular flexibility index (Phi) is 8.35. The smallest absolute Gasteiger partial charge is 0.364 e. The van der Waals surface area contributed by atoms with Gasteiger partial charge in [0.25, 0.3) is 5.92 Å². The molecule has 0 saturated carbocycles. The van der Waals surface area contributed by atoms with Crippen LogP contribution >= 0.6 is 0 Å². The van der Waals surface area contributed by atoms with Crippen LogP contribution in [0.5, 0.6) is 0 Å². The molecule has 0 bridgehead atoms. The van der Waals surface area contributed by atoms with Crippen LogP contribution in [0.2, 0.25) is 25.7 Å². The molecule has 1 unspecified atom stereocenters. The summed E-state index contributed by atoms with van der Waals surface area (Å²) in [4.78, 5) is 22.9. The van der Waals surface area contributed by atoms with Gasteiger partial charge in [-0.1, -0.05) is 19.6 Å². The van der Waals surface area contributed by atoms with Crippen LogP contribution in [-0.2, 0) is 17.6 Å². The fourth-order valence-corrected chi connectivity index (χ4v) is 5.16. The van der Waals surface area contributed by atoms with Gasteiger partial charge in [0, 0.05) is 39.9 Å². The Morgan fingerprint density at radius 3 is 2.62 bits per heavy atom. The summed E-state index contributed by atoms with van der Waals surface area (Å²) in [5.41, 5.74) is -0.225. The van der Waals surface area contributed by atoms with Gasteiger partial charge in [-0.25, -0.2) is 23.2 Å². The molecule has 1 fully saturated rings. The topological polar surface area (TPSA) is 88.4 Å². The standard InChI is InChI=1S/C25H32F5N7O2Si/c1-35(23(38)34-19-10-18(12-31-13-19)25(28,29)30)21-5-6-36(15-24(21,26)27)20-9-17-11-33-37(22(17)32-14-20)16-39-7-8-40(2,3)4/h9-14,21H,5-8,15-16H2,1-4H3,(H,34,38). The first kappa shape index (κ1) is 29.6. The number of carbonyl (C=O) groups is 1. The Labute approximate surface area is 229 Å². The van der Waals surface area contributed by atoms with Gasteiger partial charge in [-0.3, -0.25) is 4.98 Å². The van der Waals surface area contributed by atoms with E-state index in [4.69, 9.17) is 4.74 Å². The minimum absolute atomic E-state index is 0.0695. The zero-order valence-electron chi connectivity index (χ0n) is 22.7. The number of piperidine rings is 1. The third kappa shape index (κ3) is 7.05. The molecule has 0 aromatic carbocycles. The molecular formula is C25H32F5N7O2Si. The molecule has 218 valence electrons. The highest BCUT2D eigenvalue weighted by molar-refractivity contribution is 6.76. The van der Waals surface area contributed by atoms with Crippen LogP contribution in [0.15, 0.2) is 36.9 Å². The average Bonchev–Trinajstić information content (AvgIpc) is 3.27. The molecule has 1 N–H and O–H groups in total. The number of nitrogens with one attached hydrogen (secondary N) is 1. The van der Waals surface area contributed by atoms with Gasteiger partial charge in [-0.05, 0) is 24.6 Å². The van der Waals surface area contributed by atoms with Crippen LogP contribution < -0.4 is 10.2 Å². The third-order valence-electron chi connectivity index (χ3n) is 6.70. The van der Waals surface area contributed by atoms with Gasteiger partial charge >= 0.3 is 12.2 Å². The van der Waals surface area contributed by atoms with Crippen LogP contribution in [0.3, 0.4) is 0 Å².